The van der Waals surface area contributed by atoms with Gasteiger partial charge < -0.3 is 0 Å². The minimum absolute atomic E-state index is 1.06. The molecule has 0 radical (unpaired) electrons. The van der Waals surface area contributed by atoms with Gasteiger partial charge in [-0.2, -0.15) is 0 Å². The van der Waals surface area contributed by atoms with E-state index in [1.54, 1.807) is 0 Å². The maximum absolute atomic E-state index is 2.22. The summed E-state index contributed by atoms with van der Waals surface area (Å²) in [6.45, 7) is 0. The number of hydrogen-bond donors (Lipinski definition) is 0. The van der Waals surface area contributed by atoms with E-state index >= 15 is 0 Å². The SMILES string of the molecule is C1=CC=[Si]=[Si]=C1. The van der Waals surface area contributed by atoms with Gasteiger partial charge in [-0.25, -0.2) is 0 Å². The van der Waals surface area contributed by atoms with Gasteiger partial charge in [0.25, 0.3) is 0 Å². The molecule has 0 N–H and O–H groups in total. The third-order valence-electron chi connectivity index (χ3n) is 0.554. The highest BCUT2D eigenvalue weighted by Gasteiger charge is 1.58. The molecule has 0 nitrogen and oxygen atoms in total. The molecule has 1 aliphatic heterocycles. The van der Waals surface area contributed by atoms with Crippen LogP contribution in [0, 0.1) is 0 Å². The predicted molar refractivity (Wildman–Crippen MR) is 32.8 cm³/mol. The molecule has 1 rings (SSSR count). The van der Waals surface area contributed by atoms with E-state index in [0.717, 1.165) is 16.5 Å². The summed E-state index contributed by atoms with van der Waals surface area (Å²) in [6.07, 6.45) is 4.21. The van der Waals surface area contributed by atoms with Crippen LogP contribution in [-0.2, 0) is 0 Å². The Kier molecular flexibility index (Phi) is 1.46. The molecule has 0 unspecified atom stereocenters. The van der Waals surface area contributed by atoms with E-state index in [-0.39, 0.29) is 0 Å². The largest absolute Gasteiger partial charge is 0.0601 e. The number of hydrogen-bond acceptors (Lipinski definition) is 0. The molecular weight excluding hydrogens is 104 g/mol. The summed E-state index contributed by atoms with van der Waals surface area (Å²) in [7, 11) is 2.12. The van der Waals surface area contributed by atoms with Crippen molar-refractivity contribution in [2.75, 3.05) is 0 Å². The van der Waals surface area contributed by atoms with Crippen LogP contribution in [0.15, 0.2) is 12.2 Å². The molecule has 0 amide bonds. The first-order valence-electron chi connectivity index (χ1n) is 1.83. The van der Waals surface area contributed by atoms with Gasteiger partial charge in [-0.15, -0.1) is 0 Å². The first kappa shape index (κ1) is 4.08. The highest BCUT2D eigenvalue weighted by Crippen LogP contribution is 1.56. The van der Waals surface area contributed by atoms with Crippen molar-refractivity contribution in [3.05, 3.63) is 12.2 Å². The van der Waals surface area contributed by atoms with Crippen LogP contribution in [0.3, 0.4) is 0 Å². The molecule has 0 aliphatic carbocycles. The monoisotopic (exact) mass is 108 g/mol. The Morgan fingerprint density at radius 2 is 1.33 bits per heavy atom. The molecule has 2 heteroatoms. The normalized spacial score (nSPS) is 13.3. The Morgan fingerprint density at radius 1 is 0.833 bits per heavy atom. The van der Waals surface area contributed by atoms with Crippen molar-refractivity contribution < 1.29 is 0 Å². The lowest BCUT2D eigenvalue weighted by molar-refractivity contribution is 2.39. The number of rotatable bonds is 0. The van der Waals surface area contributed by atoms with E-state index in [1.165, 1.54) is 0 Å². The third-order valence-corrected chi connectivity index (χ3v) is 2.94. The maximum atomic E-state index is 2.22. The lowest BCUT2D eigenvalue weighted by atomic mass is 10.6. The van der Waals surface area contributed by atoms with E-state index in [0.29, 0.717) is 0 Å². The molecule has 0 aromatic carbocycles. The van der Waals surface area contributed by atoms with Crippen LogP contribution >= 0.6 is 0 Å². The summed E-state index contributed by atoms with van der Waals surface area (Å²) in [6, 6.07) is 0. The molecule has 28 valence electrons. The Bertz CT molecular complexity index is 136. The fourth-order valence-electron chi connectivity index (χ4n) is 0.304. The van der Waals surface area contributed by atoms with Crippen LogP contribution in [-0.4, -0.2) is 27.8 Å². The first-order chi connectivity index (χ1) is 3.00. The minimum Gasteiger partial charge on any atom is -0.0601 e. The molecule has 0 aromatic heterocycles. The summed E-state index contributed by atoms with van der Waals surface area (Å²) in [4.78, 5) is 0. The Balaban J connectivity index is 3.10. The molecule has 6 heavy (non-hydrogen) atoms. The third kappa shape index (κ3) is 0.950. The fourth-order valence-corrected chi connectivity index (χ4v) is 2.07. The minimum atomic E-state index is 1.06. The van der Waals surface area contributed by atoms with Gasteiger partial charge >= 0.3 is 0 Å². The molecule has 0 atom stereocenters. The van der Waals surface area contributed by atoms with Crippen molar-refractivity contribution in [1.82, 2.24) is 0 Å². The highest BCUT2D eigenvalue weighted by molar-refractivity contribution is 6.81. The summed E-state index contributed by atoms with van der Waals surface area (Å²) in [5.74, 6) is 0. The summed E-state index contributed by atoms with van der Waals surface area (Å²) < 4.78 is 0. The average Bonchev–Trinajstić information content (AvgIpc) is 1.72. The second kappa shape index (κ2) is 2.15. The van der Waals surface area contributed by atoms with Crippen molar-refractivity contribution in [2.24, 2.45) is 0 Å². The molecule has 0 fully saturated rings. The molecule has 0 saturated heterocycles. The van der Waals surface area contributed by atoms with Crippen molar-refractivity contribution in [3.8, 4) is 0 Å². The van der Waals surface area contributed by atoms with Crippen LogP contribution in [0.4, 0.5) is 0 Å². The quantitative estimate of drug-likeness (QED) is 0.366. The Hall–Kier alpha value is -0.0862. The average molecular weight is 108 g/mol. The van der Waals surface area contributed by atoms with E-state index < -0.39 is 0 Å². The molecule has 0 aromatic rings. The van der Waals surface area contributed by atoms with Gasteiger partial charge in [-0.3, -0.25) is 0 Å². The van der Waals surface area contributed by atoms with Crippen molar-refractivity contribution in [3.63, 3.8) is 0 Å². The topological polar surface area (TPSA) is 0 Å². The zero-order valence-electron chi connectivity index (χ0n) is 3.31. The molecule has 1 aliphatic rings. The summed E-state index contributed by atoms with van der Waals surface area (Å²) in [5.41, 5.74) is 4.44. The zero-order valence-corrected chi connectivity index (χ0v) is 5.31. The van der Waals surface area contributed by atoms with Gasteiger partial charge in [0.05, 0.1) is 0 Å². The van der Waals surface area contributed by atoms with Crippen LogP contribution in [0.5, 0.6) is 0 Å². The van der Waals surface area contributed by atoms with Gasteiger partial charge in [-0.1, -0.05) is 12.2 Å². The fraction of sp³-hybridized carbons (Fsp3) is 0. The van der Waals surface area contributed by atoms with E-state index in [4.69, 9.17) is 0 Å². The van der Waals surface area contributed by atoms with E-state index in [2.05, 4.69) is 23.5 Å². The Morgan fingerprint density at radius 3 is 1.50 bits per heavy atom. The van der Waals surface area contributed by atoms with Crippen LogP contribution in [0.2, 0.25) is 0 Å². The Labute approximate surface area is 40.7 Å². The van der Waals surface area contributed by atoms with E-state index in [9.17, 15) is 0 Å². The molecule has 0 spiro atoms. The van der Waals surface area contributed by atoms with Crippen LogP contribution in [0.1, 0.15) is 0 Å². The summed E-state index contributed by atoms with van der Waals surface area (Å²) >= 11 is 0. The second-order valence-corrected chi connectivity index (χ2v) is 3.98. The smallest absolute Gasteiger partial charge is 0.0209 e. The maximum Gasteiger partial charge on any atom is -0.0209 e. The van der Waals surface area contributed by atoms with E-state index in [1.807, 2.05) is 0 Å². The molecule has 0 saturated carbocycles. The summed E-state index contributed by atoms with van der Waals surface area (Å²) in [5, 5.41) is 0. The highest BCUT2D eigenvalue weighted by atomic mass is 28.8. The van der Waals surface area contributed by atoms with Gasteiger partial charge in [0.15, 0.2) is 0 Å². The predicted octanol–water partition coefficient (Wildman–Crippen LogP) is -0.516. The molecule has 1 heterocycles. The lowest BCUT2D eigenvalue weighted by Crippen LogP contribution is -1.79. The van der Waals surface area contributed by atoms with Crippen molar-refractivity contribution in [1.29, 1.82) is 0 Å². The standard InChI is InChI=1S/C4H4Si2/c1-2-4-6-5-3-1/h1-4H. The molecule has 0 bridgehead atoms. The lowest BCUT2D eigenvalue weighted by Gasteiger charge is -1.67. The van der Waals surface area contributed by atoms with Gasteiger partial charge in [0.2, 0.25) is 0 Å². The number of allylic oxidation sites excluding steroid dienone is 2. The zero-order chi connectivity index (χ0) is 4.24. The van der Waals surface area contributed by atoms with Crippen molar-refractivity contribution >= 4 is 27.8 Å². The van der Waals surface area contributed by atoms with Gasteiger partial charge in [0.1, 0.15) is 0 Å². The van der Waals surface area contributed by atoms with Crippen molar-refractivity contribution in [2.45, 2.75) is 0 Å². The van der Waals surface area contributed by atoms with Gasteiger partial charge in [0, 0.05) is 0 Å². The van der Waals surface area contributed by atoms with Crippen LogP contribution in [0.25, 0.3) is 0 Å². The second-order valence-electron chi connectivity index (χ2n) is 1.01. The van der Waals surface area contributed by atoms with Crippen LogP contribution < -0.4 is 0 Å². The molecular formula is C4H4Si2. The van der Waals surface area contributed by atoms with Gasteiger partial charge in [-0.05, 0) is 27.8 Å². The first-order valence-corrected chi connectivity index (χ1v) is 4.98.